The lowest BCUT2D eigenvalue weighted by atomic mass is 10.0. The van der Waals surface area contributed by atoms with E-state index in [9.17, 15) is 0 Å². The zero-order chi connectivity index (χ0) is 13.0. The summed E-state index contributed by atoms with van der Waals surface area (Å²) in [6.07, 6.45) is 2.63. The van der Waals surface area contributed by atoms with Gasteiger partial charge in [0.2, 0.25) is 0 Å². The predicted octanol–water partition coefficient (Wildman–Crippen LogP) is 3.55. The molecule has 2 nitrogen and oxygen atoms in total. The van der Waals surface area contributed by atoms with Gasteiger partial charge in [0.05, 0.1) is 7.11 Å². The molecule has 0 bridgehead atoms. The van der Waals surface area contributed by atoms with Crippen molar-refractivity contribution in [2.24, 2.45) is 0 Å². The molecule has 0 spiro atoms. The molecule has 2 atom stereocenters. The number of hydrogen-bond acceptors (Lipinski definition) is 3. The summed E-state index contributed by atoms with van der Waals surface area (Å²) in [7, 11) is 1.75. The smallest absolute Gasteiger partial charge is 0.123 e. The molecular formula is C15H23NOS. The molecule has 0 radical (unpaired) electrons. The van der Waals surface area contributed by atoms with Crippen molar-refractivity contribution in [1.82, 2.24) is 5.32 Å². The Hall–Kier alpha value is -0.670. The van der Waals surface area contributed by atoms with Gasteiger partial charge in [0.15, 0.2) is 0 Å². The molecule has 2 rings (SSSR count). The summed E-state index contributed by atoms with van der Waals surface area (Å²) in [5.74, 6) is 3.55. The SMILES string of the molecule is COc1cc(C)ccc1C(C)NC1CCCSC1. The second-order valence-electron chi connectivity index (χ2n) is 5.05. The zero-order valence-corrected chi connectivity index (χ0v) is 12.3. The third-order valence-electron chi connectivity index (χ3n) is 3.50. The topological polar surface area (TPSA) is 21.3 Å². The van der Waals surface area contributed by atoms with Gasteiger partial charge in [0, 0.05) is 23.4 Å². The van der Waals surface area contributed by atoms with E-state index in [2.05, 4.69) is 49.1 Å². The van der Waals surface area contributed by atoms with Crippen molar-refractivity contribution in [3.63, 3.8) is 0 Å². The number of thioether (sulfide) groups is 1. The van der Waals surface area contributed by atoms with Crippen molar-refractivity contribution in [3.8, 4) is 5.75 Å². The van der Waals surface area contributed by atoms with Gasteiger partial charge >= 0.3 is 0 Å². The summed E-state index contributed by atoms with van der Waals surface area (Å²) in [5, 5.41) is 3.73. The minimum Gasteiger partial charge on any atom is -0.496 e. The molecule has 1 heterocycles. The molecule has 1 aromatic rings. The van der Waals surface area contributed by atoms with E-state index in [-0.39, 0.29) is 0 Å². The second-order valence-corrected chi connectivity index (χ2v) is 6.20. The van der Waals surface area contributed by atoms with Gasteiger partial charge in [-0.2, -0.15) is 11.8 Å². The molecule has 0 aliphatic carbocycles. The number of rotatable bonds is 4. The number of hydrogen-bond donors (Lipinski definition) is 1. The van der Waals surface area contributed by atoms with Crippen molar-refractivity contribution in [1.29, 1.82) is 0 Å². The van der Waals surface area contributed by atoms with Crippen LogP contribution in [0.3, 0.4) is 0 Å². The Morgan fingerprint density at radius 3 is 2.94 bits per heavy atom. The molecule has 1 aromatic carbocycles. The molecule has 1 aliphatic heterocycles. The maximum absolute atomic E-state index is 5.49. The lowest BCUT2D eigenvalue weighted by Gasteiger charge is -2.27. The molecule has 1 N–H and O–H groups in total. The van der Waals surface area contributed by atoms with Gasteiger partial charge in [-0.15, -0.1) is 0 Å². The van der Waals surface area contributed by atoms with Gasteiger partial charge in [0.25, 0.3) is 0 Å². The minimum absolute atomic E-state index is 0.351. The summed E-state index contributed by atoms with van der Waals surface area (Å²) >= 11 is 2.06. The number of methoxy groups -OCH3 is 1. The molecule has 1 fully saturated rings. The molecule has 100 valence electrons. The first-order valence-corrected chi connectivity index (χ1v) is 7.84. The van der Waals surface area contributed by atoms with Crippen molar-refractivity contribution in [2.45, 2.75) is 38.8 Å². The Morgan fingerprint density at radius 1 is 1.44 bits per heavy atom. The highest BCUT2D eigenvalue weighted by Crippen LogP contribution is 2.28. The van der Waals surface area contributed by atoms with Crippen LogP contribution in [0.5, 0.6) is 5.75 Å². The molecule has 0 saturated carbocycles. The van der Waals surface area contributed by atoms with Crippen LogP contribution in [0.4, 0.5) is 0 Å². The summed E-state index contributed by atoms with van der Waals surface area (Å²) in [4.78, 5) is 0. The standard InChI is InChI=1S/C15H23NOS/c1-11-6-7-14(15(9-11)17-3)12(2)16-13-5-4-8-18-10-13/h6-7,9,12-13,16H,4-5,8,10H2,1-3H3. The van der Waals surface area contributed by atoms with Gasteiger partial charge in [-0.3, -0.25) is 0 Å². The summed E-state index contributed by atoms with van der Waals surface area (Å²) in [6.45, 7) is 4.33. The van der Waals surface area contributed by atoms with E-state index >= 15 is 0 Å². The van der Waals surface area contributed by atoms with Crippen LogP contribution in [0.25, 0.3) is 0 Å². The van der Waals surface area contributed by atoms with Gasteiger partial charge < -0.3 is 10.1 Å². The van der Waals surface area contributed by atoms with Crippen molar-refractivity contribution in [2.75, 3.05) is 18.6 Å². The first kappa shape index (κ1) is 13.8. The Kier molecular flexibility index (Phi) is 4.95. The fourth-order valence-electron chi connectivity index (χ4n) is 2.49. The Labute approximate surface area is 114 Å². The van der Waals surface area contributed by atoms with Gasteiger partial charge in [-0.1, -0.05) is 12.1 Å². The highest BCUT2D eigenvalue weighted by Gasteiger charge is 2.18. The first-order chi connectivity index (χ1) is 8.70. The Morgan fingerprint density at radius 2 is 2.28 bits per heavy atom. The molecule has 2 unspecified atom stereocenters. The molecular weight excluding hydrogens is 242 g/mol. The van der Waals surface area contributed by atoms with Crippen LogP contribution >= 0.6 is 11.8 Å². The summed E-state index contributed by atoms with van der Waals surface area (Å²) in [5.41, 5.74) is 2.51. The van der Waals surface area contributed by atoms with E-state index in [1.54, 1.807) is 7.11 Å². The van der Waals surface area contributed by atoms with Crippen LogP contribution in [-0.4, -0.2) is 24.7 Å². The largest absolute Gasteiger partial charge is 0.496 e. The van der Waals surface area contributed by atoms with Crippen LogP contribution in [0.1, 0.15) is 36.9 Å². The Bertz CT molecular complexity index is 388. The average Bonchev–Trinajstić information content (AvgIpc) is 2.39. The fraction of sp³-hybridized carbons (Fsp3) is 0.600. The highest BCUT2D eigenvalue weighted by molar-refractivity contribution is 7.99. The zero-order valence-electron chi connectivity index (χ0n) is 11.5. The summed E-state index contributed by atoms with van der Waals surface area (Å²) in [6, 6.07) is 7.45. The third kappa shape index (κ3) is 3.42. The van der Waals surface area contributed by atoms with Crippen LogP contribution in [0.2, 0.25) is 0 Å². The van der Waals surface area contributed by atoms with E-state index in [1.807, 2.05) is 0 Å². The van der Waals surface area contributed by atoms with E-state index in [1.165, 1.54) is 35.5 Å². The van der Waals surface area contributed by atoms with Crippen molar-refractivity contribution in [3.05, 3.63) is 29.3 Å². The van der Waals surface area contributed by atoms with Gasteiger partial charge in [0.1, 0.15) is 5.75 Å². The minimum atomic E-state index is 0.351. The number of nitrogens with one attached hydrogen (secondary N) is 1. The monoisotopic (exact) mass is 265 g/mol. The third-order valence-corrected chi connectivity index (χ3v) is 4.72. The molecule has 1 aliphatic rings. The average molecular weight is 265 g/mol. The molecule has 3 heteroatoms. The maximum Gasteiger partial charge on any atom is 0.123 e. The second kappa shape index (κ2) is 6.48. The van der Waals surface area contributed by atoms with E-state index < -0.39 is 0 Å². The van der Waals surface area contributed by atoms with E-state index in [4.69, 9.17) is 4.74 Å². The van der Waals surface area contributed by atoms with Gasteiger partial charge in [-0.25, -0.2) is 0 Å². The van der Waals surface area contributed by atoms with Crippen LogP contribution in [0, 0.1) is 6.92 Å². The number of benzene rings is 1. The van der Waals surface area contributed by atoms with Crippen LogP contribution < -0.4 is 10.1 Å². The van der Waals surface area contributed by atoms with Crippen molar-refractivity contribution < 1.29 is 4.74 Å². The number of aryl methyl sites for hydroxylation is 1. The lowest BCUT2D eigenvalue weighted by molar-refractivity contribution is 0.392. The molecule has 18 heavy (non-hydrogen) atoms. The van der Waals surface area contributed by atoms with E-state index in [0.717, 1.165) is 5.75 Å². The maximum atomic E-state index is 5.49. The van der Waals surface area contributed by atoms with Crippen LogP contribution in [0.15, 0.2) is 18.2 Å². The normalized spacial score (nSPS) is 21.6. The van der Waals surface area contributed by atoms with Crippen LogP contribution in [-0.2, 0) is 0 Å². The summed E-state index contributed by atoms with van der Waals surface area (Å²) < 4.78 is 5.49. The van der Waals surface area contributed by atoms with Crippen molar-refractivity contribution >= 4 is 11.8 Å². The Balaban J connectivity index is 2.05. The quantitative estimate of drug-likeness (QED) is 0.899. The first-order valence-electron chi connectivity index (χ1n) is 6.69. The molecule has 0 amide bonds. The lowest BCUT2D eigenvalue weighted by Crippen LogP contribution is -2.35. The number of ether oxygens (including phenoxy) is 1. The molecule has 0 aromatic heterocycles. The van der Waals surface area contributed by atoms with E-state index in [0.29, 0.717) is 12.1 Å². The predicted molar refractivity (Wildman–Crippen MR) is 79.6 cm³/mol. The fourth-order valence-corrected chi connectivity index (χ4v) is 3.58. The molecule has 1 saturated heterocycles. The van der Waals surface area contributed by atoms with Gasteiger partial charge in [-0.05, 0) is 44.1 Å². The highest BCUT2D eigenvalue weighted by atomic mass is 32.2.